The van der Waals surface area contributed by atoms with E-state index in [4.69, 9.17) is 4.74 Å². The van der Waals surface area contributed by atoms with Crippen LogP contribution < -0.4 is 4.72 Å². The first kappa shape index (κ1) is 14.9. The van der Waals surface area contributed by atoms with Crippen LogP contribution in [0.3, 0.4) is 0 Å². The van der Waals surface area contributed by atoms with Gasteiger partial charge >= 0.3 is 5.97 Å². The normalized spacial score (nSPS) is 32.2. The predicted molar refractivity (Wildman–Crippen MR) is 84.3 cm³/mol. The minimum absolute atomic E-state index is 0.230. The van der Waals surface area contributed by atoms with Crippen molar-refractivity contribution >= 4 is 21.8 Å². The monoisotopic (exact) mass is 336 g/mol. The maximum atomic E-state index is 12.4. The Labute approximate surface area is 135 Å². The van der Waals surface area contributed by atoms with Gasteiger partial charge in [-0.15, -0.1) is 0 Å². The van der Waals surface area contributed by atoms with Crippen LogP contribution in [0.2, 0.25) is 0 Å². The molecule has 0 spiro atoms. The number of carbonyl (C=O) groups excluding carboxylic acids is 1. The summed E-state index contributed by atoms with van der Waals surface area (Å²) < 4.78 is 31.8. The Hall–Kier alpha value is -1.63. The van der Waals surface area contributed by atoms with Gasteiger partial charge in [0.1, 0.15) is 5.82 Å². The maximum absolute atomic E-state index is 12.4. The number of anilines is 1. The van der Waals surface area contributed by atoms with Crippen molar-refractivity contribution in [2.24, 2.45) is 11.8 Å². The lowest BCUT2D eigenvalue weighted by atomic mass is 9.76. The van der Waals surface area contributed by atoms with E-state index in [2.05, 4.69) is 9.71 Å². The number of pyridine rings is 1. The maximum Gasteiger partial charge on any atom is 0.316 e. The fourth-order valence-electron chi connectivity index (χ4n) is 3.90. The fraction of sp³-hybridized carbons (Fsp3) is 0.625. The lowest BCUT2D eigenvalue weighted by Crippen LogP contribution is -2.35. The van der Waals surface area contributed by atoms with Crippen LogP contribution in [-0.4, -0.2) is 31.7 Å². The van der Waals surface area contributed by atoms with Gasteiger partial charge in [0, 0.05) is 6.20 Å². The summed E-state index contributed by atoms with van der Waals surface area (Å²) in [5.41, 5.74) is 0.158. The summed E-state index contributed by atoms with van der Waals surface area (Å²) in [5, 5.41) is -0.304. The van der Waals surface area contributed by atoms with E-state index in [-0.39, 0.29) is 11.2 Å². The molecule has 0 radical (unpaired) electrons. The van der Waals surface area contributed by atoms with Crippen molar-refractivity contribution < 1.29 is 17.9 Å². The van der Waals surface area contributed by atoms with Gasteiger partial charge in [0.05, 0.1) is 17.8 Å². The summed E-state index contributed by atoms with van der Waals surface area (Å²) in [6, 6.07) is 3.50. The summed E-state index contributed by atoms with van der Waals surface area (Å²) in [4.78, 5) is 16.5. The topological polar surface area (TPSA) is 85.4 Å². The van der Waals surface area contributed by atoms with E-state index in [1.54, 1.807) is 18.3 Å². The summed E-state index contributed by atoms with van der Waals surface area (Å²) >= 11 is 0. The highest BCUT2D eigenvalue weighted by molar-refractivity contribution is 7.93. The average Bonchev–Trinajstić information content (AvgIpc) is 3.45. The van der Waals surface area contributed by atoms with Gasteiger partial charge in [-0.3, -0.25) is 9.52 Å². The Morgan fingerprint density at radius 2 is 2.04 bits per heavy atom. The van der Waals surface area contributed by atoms with Crippen molar-refractivity contribution in [1.29, 1.82) is 0 Å². The largest absolute Gasteiger partial charge is 0.468 e. The first-order valence-corrected chi connectivity index (χ1v) is 9.56. The number of ether oxygens (including phenoxy) is 1. The molecule has 1 N–H and O–H groups in total. The van der Waals surface area contributed by atoms with Gasteiger partial charge in [-0.2, -0.15) is 0 Å². The lowest BCUT2D eigenvalue weighted by Gasteiger charge is -2.28. The van der Waals surface area contributed by atoms with Crippen LogP contribution in [0.4, 0.5) is 5.82 Å². The third-order valence-electron chi connectivity index (χ3n) is 5.39. The Bertz CT molecular complexity index is 747. The number of esters is 1. The molecule has 1 heterocycles. The number of methoxy groups -OCH3 is 1. The molecule has 1 aromatic heterocycles. The quantitative estimate of drug-likeness (QED) is 0.829. The van der Waals surface area contributed by atoms with Crippen LogP contribution in [0.5, 0.6) is 0 Å². The van der Waals surface area contributed by atoms with E-state index >= 15 is 0 Å². The molecule has 23 heavy (non-hydrogen) atoms. The second-order valence-corrected chi connectivity index (χ2v) is 8.97. The van der Waals surface area contributed by atoms with E-state index < -0.39 is 15.4 Å². The van der Waals surface area contributed by atoms with Crippen molar-refractivity contribution in [2.75, 3.05) is 11.8 Å². The summed E-state index contributed by atoms with van der Waals surface area (Å²) in [5.74, 6) is 1.24. The molecule has 4 rings (SSSR count). The summed E-state index contributed by atoms with van der Waals surface area (Å²) in [6.45, 7) is 0. The predicted octanol–water partition coefficient (Wildman–Crippen LogP) is 1.83. The molecule has 0 aliphatic heterocycles. The molecule has 3 fully saturated rings. The van der Waals surface area contributed by atoms with E-state index in [1.165, 1.54) is 13.5 Å². The minimum atomic E-state index is -3.36. The number of hydrogen-bond acceptors (Lipinski definition) is 5. The molecule has 2 atom stereocenters. The lowest BCUT2D eigenvalue weighted by molar-refractivity contribution is -0.147. The van der Waals surface area contributed by atoms with E-state index in [0.717, 1.165) is 18.4 Å². The van der Waals surface area contributed by atoms with Gasteiger partial charge < -0.3 is 4.74 Å². The molecule has 3 aliphatic rings. The first-order chi connectivity index (χ1) is 10.9. The van der Waals surface area contributed by atoms with Crippen molar-refractivity contribution in [1.82, 2.24) is 4.98 Å². The van der Waals surface area contributed by atoms with Crippen molar-refractivity contribution in [3.8, 4) is 0 Å². The second-order valence-electron chi connectivity index (χ2n) is 7.01. The molecule has 0 amide bonds. The van der Waals surface area contributed by atoms with Crippen LogP contribution in [0, 0.1) is 11.8 Å². The van der Waals surface area contributed by atoms with Crippen molar-refractivity contribution in [2.45, 2.75) is 42.8 Å². The standard InChI is InChI=1S/C16H20N2O4S/c1-22-15(19)16(8-10-6-11(10)9-16)12-4-5-17-14(7-12)18-23(20,21)13-2-3-13/h4-5,7,10-11,13H,2-3,6,8-9H2,1H3,(H,17,18). The number of hydrogen-bond donors (Lipinski definition) is 1. The number of aromatic nitrogens is 1. The Morgan fingerprint density at radius 3 is 2.65 bits per heavy atom. The number of nitrogens with zero attached hydrogens (tertiary/aromatic N) is 1. The number of fused-ring (bicyclic) bond motifs is 1. The molecule has 1 aromatic rings. The molecule has 7 heteroatoms. The van der Waals surface area contributed by atoms with Gasteiger partial charge in [0.15, 0.2) is 0 Å². The number of carbonyl (C=O) groups is 1. The molecule has 6 nitrogen and oxygen atoms in total. The molecule has 124 valence electrons. The summed E-state index contributed by atoms with van der Waals surface area (Å²) in [6.07, 6.45) is 5.71. The van der Waals surface area contributed by atoms with Crippen LogP contribution in [-0.2, 0) is 25.0 Å². The molecule has 0 bridgehead atoms. The third-order valence-corrected chi connectivity index (χ3v) is 7.23. The minimum Gasteiger partial charge on any atom is -0.468 e. The fourth-order valence-corrected chi connectivity index (χ4v) is 5.22. The Morgan fingerprint density at radius 1 is 1.35 bits per heavy atom. The van der Waals surface area contributed by atoms with Crippen LogP contribution in [0.1, 0.15) is 37.7 Å². The molecule has 3 aliphatic carbocycles. The number of nitrogens with one attached hydrogen (secondary N) is 1. The number of sulfonamides is 1. The van der Waals surface area contributed by atoms with E-state index in [1.807, 2.05) is 0 Å². The average molecular weight is 336 g/mol. The van der Waals surface area contributed by atoms with Crippen LogP contribution in [0.25, 0.3) is 0 Å². The zero-order valence-electron chi connectivity index (χ0n) is 13.0. The number of rotatable bonds is 5. The first-order valence-electron chi connectivity index (χ1n) is 8.01. The zero-order chi connectivity index (χ0) is 16.2. The van der Waals surface area contributed by atoms with Gasteiger partial charge in [-0.25, -0.2) is 13.4 Å². The van der Waals surface area contributed by atoms with Gasteiger partial charge in [0.2, 0.25) is 10.0 Å². The zero-order valence-corrected chi connectivity index (χ0v) is 13.8. The molecular formula is C16H20N2O4S. The highest BCUT2D eigenvalue weighted by Crippen LogP contribution is 2.61. The second kappa shape index (κ2) is 4.93. The molecule has 0 saturated heterocycles. The summed E-state index contributed by atoms with van der Waals surface area (Å²) in [7, 11) is -1.95. The van der Waals surface area contributed by atoms with E-state index in [0.29, 0.717) is 30.5 Å². The van der Waals surface area contributed by atoms with Crippen molar-refractivity contribution in [3.05, 3.63) is 23.9 Å². The van der Waals surface area contributed by atoms with Crippen molar-refractivity contribution in [3.63, 3.8) is 0 Å². The van der Waals surface area contributed by atoms with Crippen LogP contribution >= 0.6 is 0 Å². The van der Waals surface area contributed by atoms with Gasteiger partial charge in [0.25, 0.3) is 0 Å². The highest BCUT2D eigenvalue weighted by atomic mass is 32.2. The van der Waals surface area contributed by atoms with Gasteiger partial charge in [-0.1, -0.05) is 0 Å². The Balaban J connectivity index is 1.65. The molecule has 0 aromatic carbocycles. The van der Waals surface area contributed by atoms with E-state index in [9.17, 15) is 13.2 Å². The third kappa shape index (κ3) is 2.51. The molecular weight excluding hydrogens is 316 g/mol. The highest BCUT2D eigenvalue weighted by Gasteiger charge is 2.58. The molecule has 3 saturated carbocycles. The smallest absolute Gasteiger partial charge is 0.316 e. The van der Waals surface area contributed by atoms with Gasteiger partial charge in [-0.05, 0) is 61.6 Å². The SMILES string of the molecule is COC(=O)C1(c2ccnc(NS(=O)(=O)C3CC3)c2)CC2CC2C1. The van der Waals surface area contributed by atoms with Crippen LogP contribution in [0.15, 0.2) is 18.3 Å². The molecule has 2 unspecified atom stereocenters. The Kier molecular flexibility index (Phi) is 3.20.